The molecular weight excluding hydrogens is 220 g/mol. The van der Waals surface area contributed by atoms with E-state index in [1.165, 1.54) is 25.0 Å². The van der Waals surface area contributed by atoms with Crippen molar-refractivity contribution in [3.8, 4) is 0 Å². The summed E-state index contributed by atoms with van der Waals surface area (Å²) in [6.45, 7) is 4.93. The Kier molecular flexibility index (Phi) is 8.76. The highest BCUT2D eigenvalue weighted by atomic mass is 32.2. The number of hydrogen-bond acceptors (Lipinski definition) is 3. The van der Waals surface area contributed by atoms with E-state index < -0.39 is 5.41 Å². The Labute approximate surface area is 104 Å². The molecule has 0 saturated carbocycles. The molecule has 0 saturated heterocycles. The summed E-state index contributed by atoms with van der Waals surface area (Å²) in [5.74, 6) is 1.31. The largest absolute Gasteiger partial charge is 0.356 e. The fourth-order valence-electron chi connectivity index (χ4n) is 1.26. The lowest BCUT2D eigenvalue weighted by molar-refractivity contribution is -0.128. The molecule has 0 aliphatic rings. The lowest BCUT2D eigenvalue weighted by atomic mass is 9.93. The number of amides is 1. The van der Waals surface area contributed by atoms with Crippen molar-refractivity contribution in [2.45, 2.75) is 39.5 Å². The number of carbonyl (C=O) groups is 1. The molecule has 3 N–H and O–H groups in total. The van der Waals surface area contributed by atoms with E-state index in [4.69, 9.17) is 5.73 Å². The predicted molar refractivity (Wildman–Crippen MR) is 72.7 cm³/mol. The summed E-state index contributed by atoms with van der Waals surface area (Å²) >= 11 is 1.89. The minimum Gasteiger partial charge on any atom is -0.356 e. The normalized spacial score (nSPS) is 11.5. The molecule has 0 aromatic carbocycles. The zero-order valence-corrected chi connectivity index (χ0v) is 11.7. The molecule has 3 nitrogen and oxygen atoms in total. The van der Waals surface area contributed by atoms with E-state index >= 15 is 0 Å². The zero-order valence-electron chi connectivity index (χ0n) is 10.8. The lowest BCUT2D eigenvalue weighted by Crippen LogP contribution is -2.42. The van der Waals surface area contributed by atoms with E-state index in [-0.39, 0.29) is 5.91 Å². The van der Waals surface area contributed by atoms with Gasteiger partial charge in [0.1, 0.15) is 0 Å². The standard InChI is InChI=1S/C12H26N2OS/c1-12(2,10-13)11(15)14-8-6-4-5-7-9-16-3/h4-10,13H2,1-3H3,(H,14,15). The van der Waals surface area contributed by atoms with E-state index in [0.717, 1.165) is 13.0 Å². The number of thioether (sulfide) groups is 1. The molecule has 16 heavy (non-hydrogen) atoms. The summed E-state index contributed by atoms with van der Waals surface area (Å²) in [6, 6.07) is 0. The van der Waals surface area contributed by atoms with Crippen molar-refractivity contribution in [1.82, 2.24) is 5.32 Å². The Morgan fingerprint density at radius 2 is 1.88 bits per heavy atom. The monoisotopic (exact) mass is 246 g/mol. The van der Waals surface area contributed by atoms with Crippen LogP contribution in [-0.4, -0.2) is 31.0 Å². The predicted octanol–water partition coefficient (Wildman–Crippen LogP) is 2.01. The minimum absolute atomic E-state index is 0.0686. The van der Waals surface area contributed by atoms with Crippen LogP contribution in [0, 0.1) is 5.41 Å². The molecule has 4 heteroatoms. The molecule has 0 aromatic rings. The third-order valence-electron chi connectivity index (χ3n) is 2.69. The fraction of sp³-hybridized carbons (Fsp3) is 0.917. The van der Waals surface area contributed by atoms with Gasteiger partial charge in [-0.25, -0.2) is 0 Å². The van der Waals surface area contributed by atoms with Gasteiger partial charge >= 0.3 is 0 Å². The molecule has 96 valence electrons. The number of unbranched alkanes of at least 4 members (excludes halogenated alkanes) is 3. The lowest BCUT2D eigenvalue weighted by Gasteiger charge is -2.21. The van der Waals surface area contributed by atoms with Crippen LogP contribution in [0.5, 0.6) is 0 Å². The molecule has 0 spiro atoms. The van der Waals surface area contributed by atoms with Crippen LogP contribution in [0.15, 0.2) is 0 Å². The van der Waals surface area contributed by atoms with Crippen LogP contribution in [0.1, 0.15) is 39.5 Å². The Hall–Kier alpha value is -0.220. The molecule has 0 fully saturated rings. The highest BCUT2D eigenvalue weighted by Gasteiger charge is 2.24. The number of nitrogens with one attached hydrogen (secondary N) is 1. The maximum absolute atomic E-state index is 11.6. The molecule has 0 bridgehead atoms. The van der Waals surface area contributed by atoms with Crippen LogP contribution >= 0.6 is 11.8 Å². The smallest absolute Gasteiger partial charge is 0.226 e. The summed E-state index contributed by atoms with van der Waals surface area (Å²) in [7, 11) is 0. The van der Waals surface area contributed by atoms with E-state index in [1.807, 2.05) is 25.6 Å². The van der Waals surface area contributed by atoms with Crippen molar-refractivity contribution in [2.24, 2.45) is 11.1 Å². The maximum atomic E-state index is 11.6. The van der Waals surface area contributed by atoms with Crippen molar-refractivity contribution >= 4 is 17.7 Å². The second-order valence-electron chi connectivity index (χ2n) is 4.75. The topological polar surface area (TPSA) is 55.1 Å². The van der Waals surface area contributed by atoms with Crippen molar-refractivity contribution in [2.75, 3.05) is 25.1 Å². The van der Waals surface area contributed by atoms with Gasteiger partial charge in [0.2, 0.25) is 5.91 Å². The molecule has 0 aromatic heterocycles. The maximum Gasteiger partial charge on any atom is 0.226 e. The van der Waals surface area contributed by atoms with E-state index in [0.29, 0.717) is 6.54 Å². The second-order valence-corrected chi connectivity index (χ2v) is 5.74. The van der Waals surface area contributed by atoms with Gasteiger partial charge in [-0.3, -0.25) is 4.79 Å². The second kappa shape index (κ2) is 8.88. The van der Waals surface area contributed by atoms with E-state index in [9.17, 15) is 4.79 Å². The molecule has 0 aliphatic heterocycles. The van der Waals surface area contributed by atoms with Crippen LogP contribution in [0.2, 0.25) is 0 Å². The fourth-order valence-corrected chi connectivity index (χ4v) is 1.75. The van der Waals surface area contributed by atoms with Crippen LogP contribution in [0.3, 0.4) is 0 Å². The first-order valence-corrected chi connectivity index (χ1v) is 7.41. The first-order valence-electron chi connectivity index (χ1n) is 6.02. The van der Waals surface area contributed by atoms with Gasteiger partial charge < -0.3 is 11.1 Å². The Balaban J connectivity index is 3.42. The quantitative estimate of drug-likeness (QED) is 0.612. The van der Waals surface area contributed by atoms with Crippen molar-refractivity contribution in [3.63, 3.8) is 0 Å². The number of rotatable bonds is 9. The van der Waals surface area contributed by atoms with Crippen molar-refractivity contribution in [3.05, 3.63) is 0 Å². The average molecular weight is 246 g/mol. The summed E-state index contributed by atoms with van der Waals surface area (Å²) in [6.07, 6.45) is 6.94. The van der Waals surface area contributed by atoms with Crippen LogP contribution in [0.25, 0.3) is 0 Å². The minimum atomic E-state index is -0.432. The molecule has 0 rings (SSSR count). The summed E-state index contributed by atoms with van der Waals surface area (Å²) < 4.78 is 0. The van der Waals surface area contributed by atoms with Gasteiger partial charge in [-0.2, -0.15) is 11.8 Å². The first-order chi connectivity index (χ1) is 7.54. The summed E-state index contributed by atoms with van der Waals surface area (Å²) in [5.41, 5.74) is 5.10. The SMILES string of the molecule is CSCCCCCCNC(=O)C(C)(C)CN. The molecule has 0 atom stereocenters. The Morgan fingerprint density at radius 1 is 1.25 bits per heavy atom. The number of nitrogens with two attached hydrogens (primary N) is 1. The van der Waals surface area contributed by atoms with Gasteiger partial charge in [0.15, 0.2) is 0 Å². The van der Waals surface area contributed by atoms with E-state index in [2.05, 4.69) is 11.6 Å². The van der Waals surface area contributed by atoms with Crippen LogP contribution in [-0.2, 0) is 4.79 Å². The van der Waals surface area contributed by atoms with Gasteiger partial charge in [0, 0.05) is 13.1 Å². The third kappa shape index (κ3) is 7.12. The van der Waals surface area contributed by atoms with E-state index in [1.54, 1.807) is 0 Å². The first kappa shape index (κ1) is 15.8. The molecule has 1 amide bonds. The molecular formula is C12H26N2OS. The van der Waals surface area contributed by atoms with Crippen LogP contribution < -0.4 is 11.1 Å². The summed E-state index contributed by atoms with van der Waals surface area (Å²) in [5, 5.41) is 2.94. The highest BCUT2D eigenvalue weighted by molar-refractivity contribution is 7.98. The Morgan fingerprint density at radius 3 is 2.44 bits per heavy atom. The van der Waals surface area contributed by atoms with Gasteiger partial charge in [0.25, 0.3) is 0 Å². The van der Waals surface area contributed by atoms with Gasteiger partial charge in [-0.1, -0.05) is 12.8 Å². The highest BCUT2D eigenvalue weighted by Crippen LogP contribution is 2.12. The average Bonchev–Trinajstić information content (AvgIpc) is 2.27. The molecule has 0 unspecified atom stereocenters. The van der Waals surface area contributed by atoms with Crippen LogP contribution in [0.4, 0.5) is 0 Å². The zero-order chi connectivity index (χ0) is 12.4. The number of hydrogen-bond donors (Lipinski definition) is 2. The third-order valence-corrected chi connectivity index (χ3v) is 3.38. The van der Waals surface area contributed by atoms with Gasteiger partial charge in [-0.15, -0.1) is 0 Å². The van der Waals surface area contributed by atoms with Crippen molar-refractivity contribution in [1.29, 1.82) is 0 Å². The molecule has 0 aliphatic carbocycles. The van der Waals surface area contributed by atoms with Gasteiger partial charge in [0.05, 0.1) is 5.41 Å². The Bertz CT molecular complexity index is 195. The van der Waals surface area contributed by atoms with Gasteiger partial charge in [-0.05, 0) is 38.7 Å². The summed E-state index contributed by atoms with van der Waals surface area (Å²) in [4.78, 5) is 11.6. The molecule has 0 radical (unpaired) electrons. The molecule has 0 heterocycles. The van der Waals surface area contributed by atoms with Crippen molar-refractivity contribution < 1.29 is 4.79 Å². The number of carbonyl (C=O) groups excluding carboxylic acids is 1.